The second kappa shape index (κ2) is 19.2. The van der Waals surface area contributed by atoms with E-state index in [-0.39, 0.29) is 35.5 Å². The molecule has 4 fully saturated rings. The molecule has 1 amide bonds. The molecule has 18 atom stereocenters. The van der Waals surface area contributed by atoms with Gasteiger partial charge in [0.1, 0.15) is 11.8 Å². The minimum Gasteiger partial charge on any atom is -0.481 e. The van der Waals surface area contributed by atoms with Crippen LogP contribution in [0.3, 0.4) is 0 Å². The lowest BCUT2D eigenvalue weighted by atomic mass is 9.72. The molecule has 12 nitrogen and oxygen atoms in total. The standard InChI is InChI=1S/C49H74ClNO11/c1-11-35(45(55)56)37-19-14-27(4)42(59-37)31(8)40(52)30(7)41(53)36(12-2)43-28(5)26-29(6)48(60-43)23-20-38(51-44(54)33-15-17-34(50)18-16-33)49(62-48)25-24-46(10,61-49)39-21-22-47(57,13-3)32(9)58-39/h15-18,20,23,27-32,35-40,42-43,52,57H,11-14,19,21-22,24-26H2,1-10H3,(H,51,54)(H,55,56)/t27-,28-,29+,30-,31-,32-,35+,36?,37+,38?,39+,40+,42+,43-,46-,47+,48-,49-/m0/s1. The molecule has 4 N–H and O–H groups in total. The Balaban J connectivity index is 1.25. The maximum Gasteiger partial charge on any atom is 0.309 e. The molecule has 0 saturated carbocycles. The first-order chi connectivity index (χ1) is 29.2. The molecule has 5 aliphatic heterocycles. The van der Waals surface area contributed by atoms with Crippen LogP contribution in [0.15, 0.2) is 36.4 Å². The summed E-state index contributed by atoms with van der Waals surface area (Å²) in [7, 11) is 0. The maximum atomic E-state index is 14.7. The van der Waals surface area contributed by atoms with Gasteiger partial charge in [0.2, 0.25) is 0 Å². The lowest BCUT2D eigenvalue weighted by Crippen LogP contribution is -2.65. The van der Waals surface area contributed by atoms with Crippen molar-refractivity contribution in [3.05, 3.63) is 47.0 Å². The van der Waals surface area contributed by atoms with Crippen LogP contribution in [-0.2, 0) is 33.3 Å². The Hall–Kier alpha value is -2.42. The van der Waals surface area contributed by atoms with Gasteiger partial charge in [-0.3, -0.25) is 14.4 Å². The number of amides is 1. The molecule has 62 heavy (non-hydrogen) atoms. The molecule has 5 aliphatic rings. The average Bonchev–Trinajstić information content (AvgIpc) is 3.58. The van der Waals surface area contributed by atoms with E-state index < -0.39 is 89.0 Å². The van der Waals surface area contributed by atoms with Gasteiger partial charge >= 0.3 is 5.97 Å². The summed E-state index contributed by atoms with van der Waals surface area (Å²) in [4.78, 5) is 40.5. The van der Waals surface area contributed by atoms with Crippen molar-refractivity contribution >= 4 is 29.3 Å². The fourth-order valence-electron chi connectivity index (χ4n) is 11.5. The first-order valence-corrected chi connectivity index (χ1v) is 23.9. The van der Waals surface area contributed by atoms with Gasteiger partial charge in [-0.15, -0.1) is 0 Å². The Kier molecular flexibility index (Phi) is 15.2. The van der Waals surface area contributed by atoms with Gasteiger partial charge in [0.25, 0.3) is 5.91 Å². The molecular weight excluding hydrogens is 814 g/mol. The summed E-state index contributed by atoms with van der Waals surface area (Å²) < 4.78 is 34.6. The third-order valence-corrected chi connectivity index (χ3v) is 16.1. The fraction of sp³-hybridized carbons (Fsp3) is 0.776. The van der Waals surface area contributed by atoms with Crippen molar-refractivity contribution < 1.29 is 53.4 Å². The number of ketones is 1. The van der Waals surface area contributed by atoms with E-state index in [1.165, 1.54) is 0 Å². The minimum atomic E-state index is -1.37. The highest BCUT2D eigenvalue weighted by molar-refractivity contribution is 6.30. The van der Waals surface area contributed by atoms with Crippen molar-refractivity contribution in [3.63, 3.8) is 0 Å². The maximum absolute atomic E-state index is 14.7. The number of hydrogen-bond donors (Lipinski definition) is 4. The van der Waals surface area contributed by atoms with Crippen LogP contribution in [0, 0.1) is 41.4 Å². The number of aliphatic hydroxyl groups excluding tert-OH is 1. The molecule has 6 rings (SSSR count). The third kappa shape index (κ3) is 9.46. The first-order valence-electron chi connectivity index (χ1n) is 23.5. The van der Waals surface area contributed by atoms with Crippen LogP contribution in [-0.4, -0.2) is 98.4 Å². The Morgan fingerprint density at radius 2 is 1.56 bits per heavy atom. The summed E-state index contributed by atoms with van der Waals surface area (Å²) in [5.74, 6) is -6.45. The lowest BCUT2D eigenvalue weighted by molar-refractivity contribution is -0.397. The molecule has 2 unspecified atom stereocenters. The molecule has 2 spiro atoms. The molecule has 5 heterocycles. The van der Waals surface area contributed by atoms with Crippen molar-refractivity contribution in [1.29, 1.82) is 0 Å². The summed E-state index contributed by atoms with van der Waals surface area (Å²) in [5, 5.41) is 36.7. The molecule has 348 valence electrons. The number of hydrogen-bond acceptors (Lipinski definition) is 10. The second-order valence-corrected chi connectivity index (χ2v) is 20.4. The van der Waals surface area contributed by atoms with Gasteiger partial charge in [-0.1, -0.05) is 73.1 Å². The molecule has 0 radical (unpaired) electrons. The molecule has 13 heteroatoms. The van der Waals surface area contributed by atoms with Crippen LogP contribution in [0.2, 0.25) is 5.02 Å². The van der Waals surface area contributed by atoms with E-state index >= 15 is 0 Å². The largest absolute Gasteiger partial charge is 0.481 e. The minimum absolute atomic E-state index is 0.0322. The van der Waals surface area contributed by atoms with E-state index in [1.807, 2.05) is 53.7 Å². The van der Waals surface area contributed by atoms with Gasteiger partial charge in [-0.05, 0) is 114 Å². The van der Waals surface area contributed by atoms with Gasteiger partial charge in [0, 0.05) is 40.7 Å². The molecule has 1 aromatic carbocycles. The van der Waals surface area contributed by atoms with Crippen LogP contribution < -0.4 is 5.32 Å². The Bertz CT molecular complexity index is 1780. The van der Waals surface area contributed by atoms with Crippen molar-refractivity contribution in [2.45, 2.75) is 199 Å². The molecular formula is C49H74ClNO11. The van der Waals surface area contributed by atoms with E-state index in [9.17, 15) is 29.7 Å². The highest BCUT2D eigenvalue weighted by Gasteiger charge is 2.63. The van der Waals surface area contributed by atoms with Crippen LogP contribution in [0.4, 0.5) is 0 Å². The van der Waals surface area contributed by atoms with E-state index in [0.29, 0.717) is 68.4 Å². The first kappa shape index (κ1) is 49.0. The smallest absolute Gasteiger partial charge is 0.309 e. The summed E-state index contributed by atoms with van der Waals surface area (Å²) in [6.45, 7) is 19.6. The number of carbonyl (C=O) groups excluding carboxylic acids is 2. The number of carboxylic acids is 1. The highest BCUT2D eigenvalue weighted by Crippen LogP contribution is 2.54. The Morgan fingerprint density at radius 1 is 0.887 bits per heavy atom. The van der Waals surface area contributed by atoms with Crippen molar-refractivity contribution in [1.82, 2.24) is 5.32 Å². The zero-order valence-corrected chi connectivity index (χ0v) is 39.4. The second-order valence-electron chi connectivity index (χ2n) is 19.9. The van der Waals surface area contributed by atoms with E-state index in [1.54, 1.807) is 31.2 Å². The van der Waals surface area contributed by atoms with E-state index in [2.05, 4.69) is 26.1 Å². The molecule has 1 aromatic rings. The predicted octanol–water partition coefficient (Wildman–Crippen LogP) is 8.28. The summed E-state index contributed by atoms with van der Waals surface area (Å²) >= 11 is 6.15. The number of benzene rings is 1. The summed E-state index contributed by atoms with van der Waals surface area (Å²) in [6, 6.07) is 5.97. The molecule has 0 aromatic heterocycles. The Morgan fingerprint density at radius 3 is 2.18 bits per heavy atom. The average molecular weight is 889 g/mol. The van der Waals surface area contributed by atoms with Crippen molar-refractivity contribution in [3.8, 4) is 0 Å². The van der Waals surface area contributed by atoms with Crippen molar-refractivity contribution in [2.75, 3.05) is 0 Å². The summed E-state index contributed by atoms with van der Waals surface area (Å²) in [6.07, 6.45) is 6.35. The summed E-state index contributed by atoms with van der Waals surface area (Å²) in [5.41, 5.74) is -1.31. The predicted molar refractivity (Wildman–Crippen MR) is 235 cm³/mol. The number of Topliss-reactive ketones (excluding diaryl/α,β-unsaturated/α-hetero) is 1. The number of carboxylic acid groups (broad SMARTS) is 1. The van der Waals surface area contributed by atoms with Crippen LogP contribution in [0.5, 0.6) is 0 Å². The number of ether oxygens (including phenoxy) is 5. The molecule has 0 bridgehead atoms. The number of carbonyl (C=O) groups is 3. The van der Waals surface area contributed by atoms with Gasteiger partial charge < -0.3 is 44.3 Å². The van der Waals surface area contributed by atoms with Gasteiger partial charge in [0.15, 0.2) is 11.6 Å². The van der Waals surface area contributed by atoms with E-state index in [0.717, 1.165) is 6.42 Å². The van der Waals surface area contributed by atoms with Crippen LogP contribution in [0.1, 0.15) is 144 Å². The van der Waals surface area contributed by atoms with Crippen LogP contribution in [0.25, 0.3) is 0 Å². The van der Waals surface area contributed by atoms with Gasteiger partial charge in [-0.25, -0.2) is 0 Å². The van der Waals surface area contributed by atoms with Crippen molar-refractivity contribution in [2.24, 2.45) is 41.4 Å². The van der Waals surface area contributed by atoms with E-state index in [4.69, 9.17) is 35.3 Å². The molecule has 4 saturated heterocycles. The third-order valence-electron chi connectivity index (χ3n) is 15.9. The normalized spacial score (nSPS) is 41.0. The number of aliphatic hydroxyl groups is 2. The number of halogens is 1. The zero-order chi connectivity index (χ0) is 45.5. The number of aliphatic carboxylic acids is 1. The SMILES string of the molecule is CCC(C(=O)[C@@H](C)[C@@H](O)[C@H](C)[C@@H]1O[C@@H]([C@@H](CC)C(=O)O)CC[C@@H]1C)[C@H]1O[C@]2(C=CC(NC(=O)c3ccc(Cl)cc3)[C@]3(CC[C@@](C)([C@H]4CC[C@](O)(CC)[C@H](C)O4)O3)O2)[C@H](C)C[C@@H]1C. The number of nitrogens with one attached hydrogen (secondary N) is 1. The van der Waals surface area contributed by atoms with Gasteiger partial charge in [-0.2, -0.15) is 0 Å². The monoisotopic (exact) mass is 887 g/mol. The fourth-order valence-corrected chi connectivity index (χ4v) is 11.6. The van der Waals surface area contributed by atoms with Crippen LogP contribution >= 0.6 is 11.6 Å². The molecule has 0 aliphatic carbocycles. The number of rotatable bonds is 14. The quantitative estimate of drug-likeness (QED) is 0.133. The lowest BCUT2D eigenvalue weighted by Gasteiger charge is -2.55. The Labute approximate surface area is 374 Å². The topological polar surface area (TPSA) is 170 Å². The highest BCUT2D eigenvalue weighted by atomic mass is 35.5. The van der Waals surface area contributed by atoms with Gasteiger partial charge in [0.05, 0.1) is 53.7 Å². The zero-order valence-electron chi connectivity index (χ0n) is 38.6.